The van der Waals surface area contributed by atoms with Crippen LogP contribution in [0.5, 0.6) is 0 Å². The van der Waals surface area contributed by atoms with E-state index in [4.69, 9.17) is 9.84 Å². The largest absolute Gasteiger partial charge is 0.481 e. The number of rotatable bonds is 8. The van der Waals surface area contributed by atoms with E-state index in [2.05, 4.69) is 4.90 Å². The molecule has 1 heterocycles. The number of nitrogens with zero attached hydrogens (tertiary/aromatic N) is 1. The fraction of sp³-hybridized carbons (Fsp3) is 0.923. The monoisotopic (exact) mass is 243 g/mol. The second kappa shape index (κ2) is 8.48. The molecule has 4 heteroatoms. The van der Waals surface area contributed by atoms with Crippen molar-refractivity contribution in [1.29, 1.82) is 0 Å². The van der Waals surface area contributed by atoms with Crippen LogP contribution in [0.1, 0.15) is 39.0 Å². The number of hydrogen-bond donors (Lipinski definition) is 1. The Bertz CT molecular complexity index is 213. The van der Waals surface area contributed by atoms with Gasteiger partial charge in [0.05, 0.1) is 0 Å². The van der Waals surface area contributed by atoms with Crippen LogP contribution in [0.4, 0.5) is 0 Å². The van der Waals surface area contributed by atoms with E-state index in [9.17, 15) is 4.79 Å². The highest BCUT2D eigenvalue weighted by atomic mass is 16.5. The molecule has 1 rings (SSSR count). The maximum atomic E-state index is 10.5. The van der Waals surface area contributed by atoms with Crippen molar-refractivity contribution < 1.29 is 14.6 Å². The van der Waals surface area contributed by atoms with E-state index < -0.39 is 5.97 Å². The predicted octanol–water partition coefficient (Wildman–Crippen LogP) is 1.99. The summed E-state index contributed by atoms with van der Waals surface area (Å²) < 4.78 is 5.32. The number of ether oxygens (including phenoxy) is 1. The molecule has 0 unspecified atom stereocenters. The highest BCUT2D eigenvalue weighted by Gasteiger charge is 2.19. The zero-order chi connectivity index (χ0) is 12.5. The Morgan fingerprint density at radius 2 is 2.12 bits per heavy atom. The van der Waals surface area contributed by atoms with Crippen molar-refractivity contribution in [3.05, 3.63) is 0 Å². The van der Waals surface area contributed by atoms with Gasteiger partial charge in [-0.2, -0.15) is 0 Å². The van der Waals surface area contributed by atoms with Gasteiger partial charge in [-0.15, -0.1) is 0 Å². The standard InChI is InChI=1S/C13H25NO3/c1-2-17-11-3-8-14-9-6-12(7-10-14)4-5-13(15)16/h12H,2-11H2,1H3,(H,15,16). The second-order valence-corrected chi connectivity index (χ2v) is 4.77. The van der Waals surface area contributed by atoms with Crippen molar-refractivity contribution in [1.82, 2.24) is 4.90 Å². The molecule has 100 valence electrons. The summed E-state index contributed by atoms with van der Waals surface area (Å²) >= 11 is 0. The average molecular weight is 243 g/mol. The van der Waals surface area contributed by atoms with Crippen LogP contribution in [-0.4, -0.2) is 48.8 Å². The Morgan fingerprint density at radius 1 is 1.41 bits per heavy atom. The quantitative estimate of drug-likeness (QED) is 0.662. The number of hydrogen-bond acceptors (Lipinski definition) is 3. The zero-order valence-corrected chi connectivity index (χ0v) is 10.9. The molecule has 0 aromatic carbocycles. The molecule has 1 saturated heterocycles. The van der Waals surface area contributed by atoms with E-state index in [-0.39, 0.29) is 0 Å². The Hall–Kier alpha value is -0.610. The summed E-state index contributed by atoms with van der Waals surface area (Å²) in [6, 6.07) is 0. The summed E-state index contributed by atoms with van der Waals surface area (Å²) in [7, 11) is 0. The number of carboxylic acid groups (broad SMARTS) is 1. The van der Waals surface area contributed by atoms with E-state index in [0.717, 1.165) is 58.5 Å². The van der Waals surface area contributed by atoms with Gasteiger partial charge in [-0.25, -0.2) is 0 Å². The molecule has 0 radical (unpaired) electrons. The lowest BCUT2D eigenvalue weighted by molar-refractivity contribution is -0.137. The molecular formula is C13H25NO3. The number of likely N-dealkylation sites (tertiary alicyclic amines) is 1. The van der Waals surface area contributed by atoms with Crippen molar-refractivity contribution in [2.75, 3.05) is 32.8 Å². The fourth-order valence-corrected chi connectivity index (χ4v) is 2.36. The van der Waals surface area contributed by atoms with Gasteiger partial charge in [-0.05, 0) is 51.6 Å². The van der Waals surface area contributed by atoms with Gasteiger partial charge < -0.3 is 14.7 Å². The minimum absolute atomic E-state index is 0.328. The summed E-state index contributed by atoms with van der Waals surface area (Å²) in [6.45, 7) is 7.04. The third-order valence-electron chi connectivity index (χ3n) is 3.44. The zero-order valence-electron chi connectivity index (χ0n) is 10.9. The lowest BCUT2D eigenvalue weighted by Gasteiger charge is -2.31. The highest BCUT2D eigenvalue weighted by molar-refractivity contribution is 5.66. The molecule has 1 aliphatic heterocycles. The van der Waals surface area contributed by atoms with Crippen molar-refractivity contribution in [2.45, 2.75) is 39.0 Å². The maximum Gasteiger partial charge on any atom is 0.303 e. The van der Waals surface area contributed by atoms with Gasteiger partial charge in [-0.1, -0.05) is 0 Å². The predicted molar refractivity (Wildman–Crippen MR) is 67.1 cm³/mol. The van der Waals surface area contributed by atoms with Gasteiger partial charge in [0, 0.05) is 26.2 Å². The lowest BCUT2D eigenvalue weighted by Crippen LogP contribution is -2.34. The summed E-state index contributed by atoms with van der Waals surface area (Å²) in [5.74, 6) is -0.0432. The minimum atomic E-state index is -0.663. The van der Waals surface area contributed by atoms with Crippen LogP contribution < -0.4 is 0 Å². The molecule has 1 N–H and O–H groups in total. The lowest BCUT2D eigenvalue weighted by atomic mass is 9.92. The van der Waals surface area contributed by atoms with Crippen LogP contribution in [0.3, 0.4) is 0 Å². The van der Waals surface area contributed by atoms with Crippen LogP contribution in [-0.2, 0) is 9.53 Å². The van der Waals surface area contributed by atoms with Gasteiger partial charge in [0.15, 0.2) is 0 Å². The highest BCUT2D eigenvalue weighted by Crippen LogP contribution is 2.21. The summed E-state index contributed by atoms with van der Waals surface area (Å²) in [5.41, 5.74) is 0. The molecule has 0 amide bonds. The molecule has 4 nitrogen and oxygen atoms in total. The Balaban J connectivity index is 2.03. The topological polar surface area (TPSA) is 49.8 Å². The van der Waals surface area contributed by atoms with Gasteiger partial charge >= 0.3 is 5.97 Å². The molecule has 0 aliphatic carbocycles. The Kier molecular flexibility index (Phi) is 7.21. The van der Waals surface area contributed by atoms with Crippen LogP contribution >= 0.6 is 0 Å². The van der Waals surface area contributed by atoms with Crippen molar-refractivity contribution in [3.8, 4) is 0 Å². The van der Waals surface area contributed by atoms with Crippen LogP contribution in [0.15, 0.2) is 0 Å². The van der Waals surface area contributed by atoms with E-state index >= 15 is 0 Å². The number of carboxylic acids is 1. The molecule has 1 fully saturated rings. The molecule has 1 aliphatic rings. The van der Waals surface area contributed by atoms with Crippen molar-refractivity contribution in [2.24, 2.45) is 5.92 Å². The van der Waals surface area contributed by atoms with Crippen LogP contribution in [0, 0.1) is 5.92 Å². The second-order valence-electron chi connectivity index (χ2n) is 4.77. The van der Waals surface area contributed by atoms with Crippen LogP contribution in [0.2, 0.25) is 0 Å². The molecule has 0 aromatic rings. The van der Waals surface area contributed by atoms with Crippen molar-refractivity contribution in [3.63, 3.8) is 0 Å². The minimum Gasteiger partial charge on any atom is -0.481 e. The maximum absolute atomic E-state index is 10.5. The smallest absolute Gasteiger partial charge is 0.303 e. The van der Waals surface area contributed by atoms with Gasteiger partial charge in [0.1, 0.15) is 0 Å². The van der Waals surface area contributed by atoms with Crippen LogP contribution in [0.25, 0.3) is 0 Å². The normalized spacial score (nSPS) is 18.4. The number of piperidine rings is 1. The van der Waals surface area contributed by atoms with Crippen molar-refractivity contribution >= 4 is 5.97 Å². The van der Waals surface area contributed by atoms with E-state index in [1.165, 1.54) is 0 Å². The fourth-order valence-electron chi connectivity index (χ4n) is 2.36. The van der Waals surface area contributed by atoms with Gasteiger partial charge in [0.2, 0.25) is 0 Å². The third kappa shape index (κ3) is 6.64. The SMILES string of the molecule is CCOCCCN1CCC(CCC(=O)O)CC1. The van der Waals surface area contributed by atoms with E-state index in [0.29, 0.717) is 12.3 Å². The Morgan fingerprint density at radius 3 is 2.71 bits per heavy atom. The molecule has 0 bridgehead atoms. The van der Waals surface area contributed by atoms with E-state index in [1.54, 1.807) is 0 Å². The Labute approximate surface area is 104 Å². The first-order valence-electron chi connectivity index (χ1n) is 6.74. The molecule has 0 aromatic heterocycles. The molecule has 0 saturated carbocycles. The molecule has 17 heavy (non-hydrogen) atoms. The summed E-state index contributed by atoms with van der Waals surface area (Å²) in [5, 5.41) is 8.64. The first-order chi connectivity index (χ1) is 8.22. The number of carbonyl (C=O) groups is 1. The first-order valence-corrected chi connectivity index (χ1v) is 6.74. The van der Waals surface area contributed by atoms with Gasteiger partial charge in [-0.3, -0.25) is 4.79 Å². The first kappa shape index (κ1) is 14.5. The molecule has 0 spiro atoms. The summed E-state index contributed by atoms with van der Waals surface area (Å²) in [6.07, 6.45) is 4.59. The van der Waals surface area contributed by atoms with E-state index in [1.807, 2.05) is 6.92 Å². The van der Waals surface area contributed by atoms with Gasteiger partial charge in [0.25, 0.3) is 0 Å². The molecule has 0 atom stereocenters. The third-order valence-corrected chi connectivity index (χ3v) is 3.44. The number of aliphatic carboxylic acids is 1. The average Bonchev–Trinajstić information content (AvgIpc) is 2.33. The summed E-state index contributed by atoms with van der Waals surface area (Å²) in [4.78, 5) is 13.0. The molecular weight excluding hydrogens is 218 g/mol.